The third kappa shape index (κ3) is 2.16. The van der Waals surface area contributed by atoms with Gasteiger partial charge in [-0.3, -0.25) is 0 Å². The molecule has 22 heavy (non-hydrogen) atoms. The van der Waals surface area contributed by atoms with E-state index in [1.54, 1.807) is 6.07 Å². The fraction of sp³-hybridized carbons (Fsp3) is 0. The third-order valence-corrected chi connectivity index (χ3v) is 3.88. The lowest BCUT2D eigenvalue weighted by Gasteiger charge is -2.02. The van der Waals surface area contributed by atoms with Crippen LogP contribution in [0.1, 0.15) is 0 Å². The number of benzene rings is 3. The fourth-order valence-corrected chi connectivity index (χ4v) is 2.70. The first-order valence-electron chi connectivity index (χ1n) is 6.89. The Bertz CT molecular complexity index is 957. The van der Waals surface area contributed by atoms with Crippen molar-refractivity contribution in [2.75, 3.05) is 0 Å². The summed E-state index contributed by atoms with van der Waals surface area (Å²) in [6, 6.07) is 21.6. The summed E-state index contributed by atoms with van der Waals surface area (Å²) in [4.78, 5) is 0. The van der Waals surface area contributed by atoms with E-state index in [0.717, 1.165) is 21.9 Å². The molecular formula is C18H11ClN2O. The first-order chi connectivity index (χ1) is 10.8. The van der Waals surface area contributed by atoms with Gasteiger partial charge in [0.25, 0.3) is 0 Å². The second-order valence-corrected chi connectivity index (χ2v) is 5.33. The molecule has 0 aliphatic heterocycles. The Kier molecular flexibility index (Phi) is 3.13. The van der Waals surface area contributed by atoms with Crippen molar-refractivity contribution < 1.29 is 4.42 Å². The van der Waals surface area contributed by atoms with Crippen molar-refractivity contribution >= 4 is 22.4 Å². The van der Waals surface area contributed by atoms with Crippen molar-refractivity contribution in [2.24, 2.45) is 0 Å². The van der Waals surface area contributed by atoms with Crippen LogP contribution in [0, 0.1) is 0 Å². The van der Waals surface area contributed by atoms with E-state index >= 15 is 0 Å². The molecule has 3 aromatic carbocycles. The second kappa shape index (κ2) is 5.28. The van der Waals surface area contributed by atoms with Gasteiger partial charge in [-0.1, -0.05) is 60.1 Å². The highest BCUT2D eigenvalue weighted by atomic mass is 35.5. The summed E-state index contributed by atoms with van der Waals surface area (Å²) in [5.74, 6) is 0.917. The zero-order valence-corrected chi connectivity index (χ0v) is 12.3. The number of hydrogen-bond donors (Lipinski definition) is 0. The summed E-state index contributed by atoms with van der Waals surface area (Å²) in [5, 5.41) is 11.1. The molecule has 4 heteroatoms. The number of aromatic nitrogens is 2. The fourth-order valence-electron chi connectivity index (χ4n) is 2.49. The van der Waals surface area contributed by atoms with Gasteiger partial charge in [0.05, 0.1) is 10.6 Å². The summed E-state index contributed by atoms with van der Waals surface area (Å²) < 4.78 is 5.84. The van der Waals surface area contributed by atoms with Crippen LogP contribution in [-0.2, 0) is 0 Å². The molecular weight excluding hydrogens is 296 g/mol. The first-order valence-corrected chi connectivity index (χ1v) is 7.27. The molecule has 106 valence electrons. The van der Waals surface area contributed by atoms with E-state index in [0.29, 0.717) is 16.8 Å². The topological polar surface area (TPSA) is 38.9 Å². The average molecular weight is 307 g/mol. The van der Waals surface area contributed by atoms with Crippen molar-refractivity contribution in [3.8, 4) is 22.9 Å². The summed E-state index contributed by atoms with van der Waals surface area (Å²) in [6.07, 6.45) is 0. The van der Waals surface area contributed by atoms with Crippen LogP contribution in [0.3, 0.4) is 0 Å². The standard InChI is InChI=1S/C18H11ClN2O/c19-16-11-4-3-9-15(16)18-21-20-17(22-18)14-10-5-7-12-6-1-2-8-13(12)14/h1-11H. The van der Waals surface area contributed by atoms with E-state index in [1.165, 1.54) is 0 Å². The highest BCUT2D eigenvalue weighted by Gasteiger charge is 2.14. The van der Waals surface area contributed by atoms with Crippen LogP contribution >= 0.6 is 11.6 Å². The molecule has 0 unspecified atom stereocenters. The summed E-state index contributed by atoms with van der Waals surface area (Å²) >= 11 is 6.18. The molecule has 3 nitrogen and oxygen atoms in total. The Morgan fingerprint density at radius 1 is 0.682 bits per heavy atom. The smallest absolute Gasteiger partial charge is 0.249 e. The first kappa shape index (κ1) is 13.0. The number of halogens is 1. The molecule has 0 spiro atoms. The Labute approximate surface area is 132 Å². The summed E-state index contributed by atoms with van der Waals surface area (Å²) in [6.45, 7) is 0. The van der Waals surface area contributed by atoms with Crippen molar-refractivity contribution in [1.82, 2.24) is 10.2 Å². The zero-order chi connectivity index (χ0) is 14.9. The summed E-state index contributed by atoms with van der Waals surface area (Å²) in [5.41, 5.74) is 1.66. The summed E-state index contributed by atoms with van der Waals surface area (Å²) in [7, 11) is 0. The van der Waals surface area contributed by atoms with Gasteiger partial charge in [-0.15, -0.1) is 10.2 Å². The monoisotopic (exact) mass is 306 g/mol. The molecule has 0 saturated carbocycles. The molecule has 4 aromatic rings. The Balaban J connectivity index is 1.86. The van der Waals surface area contributed by atoms with Crippen LogP contribution in [0.2, 0.25) is 5.02 Å². The van der Waals surface area contributed by atoms with Crippen molar-refractivity contribution in [1.29, 1.82) is 0 Å². The van der Waals surface area contributed by atoms with E-state index in [9.17, 15) is 0 Å². The van der Waals surface area contributed by atoms with Crippen molar-refractivity contribution in [3.63, 3.8) is 0 Å². The molecule has 0 aliphatic rings. The SMILES string of the molecule is Clc1ccccc1-c1nnc(-c2cccc3ccccc23)o1. The molecule has 1 heterocycles. The minimum absolute atomic E-state index is 0.425. The van der Waals surface area contributed by atoms with Gasteiger partial charge >= 0.3 is 0 Å². The Hall–Kier alpha value is -2.65. The van der Waals surface area contributed by atoms with Gasteiger partial charge in [-0.25, -0.2) is 0 Å². The number of hydrogen-bond acceptors (Lipinski definition) is 3. The molecule has 1 aromatic heterocycles. The van der Waals surface area contributed by atoms with Crippen LogP contribution in [0.5, 0.6) is 0 Å². The maximum Gasteiger partial charge on any atom is 0.249 e. The Morgan fingerprint density at radius 2 is 1.32 bits per heavy atom. The van der Waals surface area contributed by atoms with E-state index in [2.05, 4.69) is 22.3 Å². The lowest BCUT2D eigenvalue weighted by atomic mass is 10.0. The van der Waals surface area contributed by atoms with Gasteiger partial charge in [0.2, 0.25) is 11.8 Å². The van der Waals surface area contributed by atoms with Gasteiger partial charge in [-0.05, 0) is 29.0 Å². The maximum atomic E-state index is 6.18. The van der Waals surface area contributed by atoms with Crippen LogP contribution < -0.4 is 0 Å². The van der Waals surface area contributed by atoms with Crippen LogP contribution in [0.25, 0.3) is 33.7 Å². The molecule has 0 N–H and O–H groups in total. The lowest BCUT2D eigenvalue weighted by Crippen LogP contribution is -1.81. The minimum Gasteiger partial charge on any atom is -0.416 e. The quantitative estimate of drug-likeness (QED) is 0.510. The van der Waals surface area contributed by atoms with Gasteiger partial charge in [0.1, 0.15) is 0 Å². The average Bonchev–Trinajstić information content (AvgIpc) is 3.04. The van der Waals surface area contributed by atoms with E-state index in [4.69, 9.17) is 16.0 Å². The molecule has 0 bridgehead atoms. The van der Waals surface area contributed by atoms with E-state index in [1.807, 2.05) is 48.5 Å². The normalized spacial score (nSPS) is 11.0. The molecule has 0 aliphatic carbocycles. The molecule has 0 saturated heterocycles. The van der Waals surface area contributed by atoms with E-state index < -0.39 is 0 Å². The van der Waals surface area contributed by atoms with Gasteiger partial charge in [-0.2, -0.15) is 0 Å². The zero-order valence-electron chi connectivity index (χ0n) is 11.5. The Morgan fingerprint density at radius 3 is 2.18 bits per heavy atom. The minimum atomic E-state index is 0.425. The largest absolute Gasteiger partial charge is 0.416 e. The predicted molar refractivity (Wildman–Crippen MR) is 87.7 cm³/mol. The highest BCUT2D eigenvalue weighted by Crippen LogP contribution is 2.31. The molecule has 4 rings (SSSR count). The highest BCUT2D eigenvalue weighted by molar-refractivity contribution is 6.33. The van der Waals surface area contributed by atoms with Crippen molar-refractivity contribution in [2.45, 2.75) is 0 Å². The number of nitrogens with zero attached hydrogens (tertiary/aromatic N) is 2. The molecule has 0 atom stereocenters. The van der Waals surface area contributed by atoms with Crippen LogP contribution in [0.15, 0.2) is 71.1 Å². The lowest BCUT2D eigenvalue weighted by molar-refractivity contribution is 0.585. The van der Waals surface area contributed by atoms with Crippen molar-refractivity contribution in [3.05, 3.63) is 71.8 Å². The van der Waals surface area contributed by atoms with Crippen LogP contribution in [0.4, 0.5) is 0 Å². The molecule has 0 radical (unpaired) electrons. The second-order valence-electron chi connectivity index (χ2n) is 4.92. The third-order valence-electron chi connectivity index (χ3n) is 3.55. The van der Waals surface area contributed by atoms with Crippen LogP contribution in [-0.4, -0.2) is 10.2 Å². The van der Waals surface area contributed by atoms with E-state index in [-0.39, 0.29) is 0 Å². The molecule has 0 amide bonds. The molecule has 0 fully saturated rings. The number of fused-ring (bicyclic) bond motifs is 1. The predicted octanol–water partition coefficient (Wildman–Crippen LogP) is 5.21. The maximum absolute atomic E-state index is 6.18. The van der Waals surface area contributed by atoms with Gasteiger partial charge < -0.3 is 4.42 Å². The van der Waals surface area contributed by atoms with Gasteiger partial charge in [0.15, 0.2) is 0 Å². The number of rotatable bonds is 2. The van der Waals surface area contributed by atoms with Gasteiger partial charge in [0, 0.05) is 5.56 Å².